The van der Waals surface area contributed by atoms with Crippen molar-refractivity contribution in [3.63, 3.8) is 0 Å². The van der Waals surface area contributed by atoms with Gasteiger partial charge in [-0.05, 0) is 43.7 Å². The van der Waals surface area contributed by atoms with Crippen LogP contribution in [0.4, 0.5) is 5.69 Å². The predicted octanol–water partition coefficient (Wildman–Crippen LogP) is 2.42. The second-order valence-corrected chi connectivity index (χ2v) is 5.56. The van der Waals surface area contributed by atoms with E-state index in [4.69, 9.17) is 5.73 Å². The molecule has 2 N–H and O–H groups in total. The standard InChI is InChI=1S/C15H21N3O.2ClH/c16-13-6-4-12(5-7-13)15(19)18-10-9-17-8-2-1-3-14(17)11-18;;/h4-7,14H,1-3,8-11,16H2;2*1H. The lowest BCUT2D eigenvalue weighted by Gasteiger charge is -2.44. The number of amides is 1. The van der Waals surface area contributed by atoms with E-state index in [1.807, 2.05) is 17.0 Å². The van der Waals surface area contributed by atoms with Gasteiger partial charge in [-0.15, -0.1) is 24.8 Å². The number of carbonyl (C=O) groups excluding carboxylic acids is 1. The molecule has 1 aromatic rings. The molecule has 0 saturated carbocycles. The molecule has 2 saturated heterocycles. The number of anilines is 1. The number of carbonyl (C=O) groups is 1. The first-order valence-electron chi connectivity index (χ1n) is 7.13. The number of piperazine rings is 1. The molecule has 0 aliphatic carbocycles. The largest absolute Gasteiger partial charge is 0.399 e. The highest BCUT2D eigenvalue weighted by Gasteiger charge is 2.31. The van der Waals surface area contributed by atoms with Crippen molar-refractivity contribution in [2.45, 2.75) is 25.3 Å². The summed E-state index contributed by atoms with van der Waals surface area (Å²) in [6.45, 7) is 3.95. The number of hydrogen-bond donors (Lipinski definition) is 1. The number of hydrogen-bond acceptors (Lipinski definition) is 3. The summed E-state index contributed by atoms with van der Waals surface area (Å²) >= 11 is 0. The molecule has 21 heavy (non-hydrogen) atoms. The van der Waals surface area contributed by atoms with E-state index >= 15 is 0 Å². The molecule has 2 heterocycles. The van der Waals surface area contributed by atoms with E-state index in [-0.39, 0.29) is 30.7 Å². The van der Waals surface area contributed by atoms with Crippen LogP contribution < -0.4 is 5.73 Å². The first-order valence-corrected chi connectivity index (χ1v) is 7.13. The van der Waals surface area contributed by atoms with E-state index in [0.717, 1.165) is 25.2 Å². The molecule has 0 aromatic heterocycles. The third-order valence-corrected chi connectivity index (χ3v) is 4.28. The van der Waals surface area contributed by atoms with Gasteiger partial charge in [0.25, 0.3) is 5.91 Å². The Hall–Kier alpha value is -0.970. The van der Waals surface area contributed by atoms with Crippen molar-refractivity contribution < 1.29 is 4.79 Å². The molecular formula is C15H23Cl2N3O. The van der Waals surface area contributed by atoms with Gasteiger partial charge in [0, 0.05) is 36.9 Å². The lowest BCUT2D eigenvalue weighted by atomic mass is 9.99. The molecule has 1 atom stereocenters. The van der Waals surface area contributed by atoms with Gasteiger partial charge in [-0.1, -0.05) is 6.42 Å². The smallest absolute Gasteiger partial charge is 0.253 e. The fourth-order valence-electron chi connectivity index (χ4n) is 3.15. The van der Waals surface area contributed by atoms with Crippen LogP contribution in [0.2, 0.25) is 0 Å². The second kappa shape index (κ2) is 7.87. The normalized spacial score (nSPS) is 21.7. The minimum absolute atomic E-state index is 0. The Morgan fingerprint density at radius 2 is 1.76 bits per heavy atom. The van der Waals surface area contributed by atoms with E-state index in [1.54, 1.807) is 12.1 Å². The van der Waals surface area contributed by atoms with Crippen LogP contribution in [-0.2, 0) is 0 Å². The Morgan fingerprint density at radius 1 is 1.05 bits per heavy atom. The number of nitrogens with two attached hydrogens (primary N) is 1. The third kappa shape index (κ3) is 4.02. The minimum Gasteiger partial charge on any atom is -0.399 e. The number of benzene rings is 1. The predicted molar refractivity (Wildman–Crippen MR) is 90.5 cm³/mol. The quantitative estimate of drug-likeness (QED) is 0.804. The van der Waals surface area contributed by atoms with Crippen LogP contribution in [0, 0.1) is 0 Å². The molecular weight excluding hydrogens is 309 g/mol. The molecule has 0 radical (unpaired) electrons. The first kappa shape index (κ1) is 18.1. The molecule has 2 fully saturated rings. The zero-order valence-corrected chi connectivity index (χ0v) is 13.7. The van der Waals surface area contributed by atoms with E-state index < -0.39 is 0 Å². The zero-order chi connectivity index (χ0) is 13.2. The summed E-state index contributed by atoms with van der Waals surface area (Å²) in [5.41, 5.74) is 7.11. The van der Waals surface area contributed by atoms with Gasteiger partial charge < -0.3 is 10.6 Å². The van der Waals surface area contributed by atoms with Gasteiger partial charge in [-0.3, -0.25) is 9.69 Å². The number of halogens is 2. The van der Waals surface area contributed by atoms with E-state index in [2.05, 4.69) is 4.90 Å². The van der Waals surface area contributed by atoms with E-state index in [1.165, 1.54) is 25.8 Å². The summed E-state index contributed by atoms with van der Waals surface area (Å²) in [5, 5.41) is 0. The average Bonchev–Trinajstić information content (AvgIpc) is 2.47. The van der Waals surface area contributed by atoms with Crippen molar-refractivity contribution in [2.24, 2.45) is 0 Å². The SMILES string of the molecule is Cl.Cl.Nc1ccc(C(=O)N2CCN3CCCCC3C2)cc1. The molecule has 3 rings (SSSR count). The van der Waals surface area contributed by atoms with Gasteiger partial charge in [0.1, 0.15) is 0 Å². The zero-order valence-electron chi connectivity index (χ0n) is 12.0. The van der Waals surface area contributed by atoms with Crippen LogP contribution in [0.15, 0.2) is 24.3 Å². The molecule has 6 heteroatoms. The molecule has 118 valence electrons. The maximum atomic E-state index is 12.5. The van der Waals surface area contributed by atoms with Crippen molar-refractivity contribution in [3.05, 3.63) is 29.8 Å². The summed E-state index contributed by atoms with van der Waals surface area (Å²) in [5.74, 6) is 0.144. The number of fused-ring (bicyclic) bond motifs is 1. The number of nitrogens with zero attached hydrogens (tertiary/aromatic N) is 2. The Balaban J connectivity index is 0.00000110. The van der Waals surface area contributed by atoms with Crippen LogP contribution in [0.3, 0.4) is 0 Å². The highest BCUT2D eigenvalue weighted by atomic mass is 35.5. The van der Waals surface area contributed by atoms with Gasteiger partial charge >= 0.3 is 0 Å². The third-order valence-electron chi connectivity index (χ3n) is 4.28. The second-order valence-electron chi connectivity index (χ2n) is 5.56. The summed E-state index contributed by atoms with van der Waals surface area (Å²) in [6.07, 6.45) is 3.83. The summed E-state index contributed by atoms with van der Waals surface area (Å²) in [4.78, 5) is 17.0. The first-order chi connectivity index (χ1) is 9.24. The average molecular weight is 332 g/mol. The summed E-state index contributed by atoms with van der Waals surface area (Å²) < 4.78 is 0. The molecule has 1 unspecified atom stereocenters. The number of rotatable bonds is 1. The van der Waals surface area contributed by atoms with Crippen LogP contribution in [0.5, 0.6) is 0 Å². The van der Waals surface area contributed by atoms with Crippen LogP contribution in [0.25, 0.3) is 0 Å². The minimum atomic E-state index is 0. The maximum absolute atomic E-state index is 12.5. The molecule has 2 aliphatic heterocycles. The van der Waals surface area contributed by atoms with Crippen LogP contribution in [-0.4, -0.2) is 47.9 Å². The Labute approximate surface area is 138 Å². The topological polar surface area (TPSA) is 49.6 Å². The van der Waals surface area contributed by atoms with E-state index in [0.29, 0.717) is 11.7 Å². The van der Waals surface area contributed by atoms with Crippen molar-refractivity contribution in [2.75, 3.05) is 31.9 Å². The van der Waals surface area contributed by atoms with Crippen molar-refractivity contribution in [1.29, 1.82) is 0 Å². The van der Waals surface area contributed by atoms with Gasteiger partial charge in [0.15, 0.2) is 0 Å². The van der Waals surface area contributed by atoms with Crippen molar-refractivity contribution in [3.8, 4) is 0 Å². The van der Waals surface area contributed by atoms with Crippen molar-refractivity contribution >= 4 is 36.4 Å². The highest BCUT2D eigenvalue weighted by molar-refractivity contribution is 5.94. The monoisotopic (exact) mass is 331 g/mol. The molecule has 2 aliphatic rings. The van der Waals surface area contributed by atoms with Gasteiger partial charge in [0.05, 0.1) is 0 Å². The van der Waals surface area contributed by atoms with E-state index in [9.17, 15) is 4.79 Å². The fourth-order valence-corrected chi connectivity index (χ4v) is 3.15. The van der Waals surface area contributed by atoms with Crippen molar-refractivity contribution in [1.82, 2.24) is 9.80 Å². The molecule has 4 nitrogen and oxygen atoms in total. The number of piperidine rings is 1. The number of nitrogen functional groups attached to an aromatic ring is 1. The molecule has 0 bridgehead atoms. The lowest BCUT2D eigenvalue weighted by molar-refractivity contribution is 0.0372. The Kier molecular flexibility index (Phi) is 6.78. The Bertz CT molecular complexity index is 466. The molecule has 0 spiro atoms. The van der Waals surface area contributed by atoms with Crippen LogP contribution >= 0.6 is 24.8 Å². The lowest BCUT2D eigenvalue weighted by Crippen LogP contribution is -2.56. The molecule has 1 aromatic carbocycles. The van der Waals surface area contributed by atoms with Gasteiger partial charge in [0.2, 0.25) is 0 Å². The fraction of sp³-hybridized carbons (Fsp3) is 0.533. The summed E-state index contributed by atoms with van der Waals surface area (Å²) in [7, 11) is 0. The van der Waals surface area contributed by atoms with Gasteiger partial charge in [-0.2, -0.15) is 0 Å². The molecule has 1 amide bonds. The highest BCUT2D eigenvalue weighted by Crippen LogP contribution is 2.22. The Morgan fingerprint density at radius 3 is 2.48 bits per heavy atom. The van der Waals surface area contributed by atoms with Gasteiger partial charge in [-0.25, -0.2) is 0 Å². The maximum Gasteiger partial charge on any atom is 0.253 e. The van der Waals surface area contributed by atoms with Crippen LogP contribution in [0.1, 0.15) is 29.6 Å². The summed E-state index contributed by atoms with van der Waals surface area (Å²) in [6, 6.07) is 7.81.